The Labute approximate surface area is 106 Å². The Morgan fingerprint density at radius 1 is 1.06 bits per heavy atom. The van der Waals surface area contributed by atoms with Gasteiger partial charge in [-0.1, -0.05) is 42.5 Å². The molecule has 1 N–H and O–H groups in total. The van der Waals surface area contributed by atoms with Crippen molar-refractivity contribution in [3.8, 4) is 0 Å². The fourth-order valence-corrected chi connectivity index (χ4v) is 1.76. The maximum atomic E-state index is 11.1. The second-order valence-corrected chi connectivity index (χ2v) is 3.98. The SMILES string of the molecule is COC(=O)Nc1cccc(Cc2ccccc2)c1. The largest absolute Gasteiger partial charge is 0.453 e. The van der Waals surface area contributed by atoms with E-state index >= 15 is 0 Å². The molecule has 0 heterocycles. The lowest BCUT2D eigenvalue weighted by atomic mass is 10.0. The second kappa shape index (κ2) is 5.87. The van der Waals surface area contributed by atoms with E-state index in [9.17, 15) is 4.79 Å². The van der Waals surface area contributed by atoms with E-state index in [1.54, 1.807) is 0 Å². The van der Waals surface area contributed by atoms with Crippen molar-refractivity contribution in [1.82, 2.24) is 0 Å². The number of anilines is 1. The van der Waals surface area contributed by atoms with Crippen LogP contribution in [-0.2, 0) is 11.2 Å². The van der Waals surface area contributed by atoms with Gasteiger partial charge in [0, 0.05) is 5.69 Å². The van der Waals surface area contributed by atoms with Gasteiger partial charge in [-0.15, -0.1) is 0 Å². The Morgan fingerprint density at radius 3 is 2.50 bits per heavy atom. The minimum Gasteiger partial charge on any atom is -0.453 e. The molecule has 0 fully saturated rings. The Balaban J connectivity index is 2.10. The normalized spacial score (nSPS) is 9.83. The van der Waals surface area contributed by atoms with Gasteiger partial charge >= 0.3 is 6.09 Å². The third-order valence-corrected chi connectivity index (χ3v) is 2.61. The molecule has 3 heteroatoms. The minimum absolute atomic E-state index is 0.452. The van der Waals surface area contributed by atoms with E-state index in [1.807, 2.05) is 42.5 Å². The van der Waals surface area contributed by atoms with Crippen LogP contribution in [0.15, 0.2) is 54.6 Å². The molecule has 0 bridgehead atoms. The molecule has 3 nitrogen and oxygen atoms in total. The van der Waals surface area contributed by atoms with Crippen molar-refractivity contribution in [3.63, 3.8) is 0 Å². The molecule has 0 aromatic heterocycles. The zero-order valence-corrected chi connectivity index (χ0v) is 10.2. The lowest BCUT2D eigenvalue weighted by Crippen LogP contribution is -2.10. The highest BCUT2D eigenvalue weighted by Gasteiger charge is 2.01. The van der Waals surface area contributed by atoms with E-state index in [2.05, 4.69) is 22.2 Å². The summed E-state index contributed by atoms with van der Waals surface area (Å²) in [6.07, 6.45) is 0.393. The van der Waals surface area contributed by atoms with Gasteiger partial charge in [0.25, 0.3) is 0 Å². The van der Waals surface area contributed by atoms with Gasteiger partial charge in [0.1, 0.15) is 0 Å². The number of hydrogen-bond donors (Lipinski definition) is 1. The van der Waals surface area contributed by atoms with Gasteiger partial charge in [-0.3, -0.25) is 5.32 Å². The van der Waals surface area contributed by atoms with Gasteiger partial charge in [-0.25, -0.2) is 4.79 Å². The van der Waals surface area contributed by atoms with Crippen LogP contribution in [0.25, 0.3) is 0 Å². The molecule has 2 aromatic rings. The molecule has 0 aliphatic carbocycles. The van der Waals surface area contributed by atoms with Crippen LogP contribution in [0.1, 0.15) is 11.1 Å². The first kappa shape index (κ1) is 12.2. The monoisotopic (exact) mass is 241 g/mol. The standard InChI is InChI=1S/C15H15NO2/c1-18-15(17)16-14-9-5-8-13(11-14)10-12-6-3-2-4-7-12/h2-9,11H,10H2,1H3,(H,16,17). The molecule has 0 aliphatic rings. The van der Waals surface area contributed by atoms with Gasteiger partial charge in [0.2, 0.25) is 0 Å². The Kier molecular flexibility index (Phi) is 3.97. The summed E-state index contributed by atoms with van der Waals surface area (Å²) >= 11 is 0. The molecular weight excluding hydrogens is 226 g/mol. The van der Waals surface area contributed by atoms with Crippen molar-refractivity contribution >= 4 is 11.8 Å². The average Bonchev–Trinajstić information content (AvgIpc) is 2.40. The summed E-state index contributed by atoms with van der Waals surface area (Å²) in [6.45, 7) is 0. The molecule has 92 valence electrons. The number of nitrogens with one attached hydrogen (secondary N) is 1. The van der Waals surface area contributed by atoms with Crippen molar-refractivity contribution in [1.29, 1.82) is 0 Å². The van der Waals surface area contributed by atoms with Gasteiger partial charge in [-0.05, 0) is 29.7 Å². The number of ether oxygens (including phenoxy) is 1. The number of rotatable bonds is 3. The smallest absolute Gasteiger partial charge is 0.411 e. The topological polar surface area (TPSA) is 38.3 Å². The molecule has 0 atom stereocenters. The predicted molar refractivity (Wildman–Crippen MR) is 71.7 cm³/mol. The molecule has 18 heavy (non-hydrogen) atoms. The maximum absolute atomic E-state index is 11.1. The van der Waals surface area contributed by atoms with Crippen LogP contribution >= 0.6 is 0 Å². The summed E-state index contributed by atoms with van der Waals surface area (Å²) < 4.78 is 4.56. The fraction of sp³-hybridized carbons (Fsp3) is 0.133. The van der Waals surface area contributed by atoms with E-state index in [-0.39, 0.29) is 0 Å². The Hall–Kier alpha value is -2.29. The van der Waals surface area contributed by atoms with Gasteiger partial charge in [0.15, 0.2) is 0 Å². The number of amides is 1. The van der Waals surface area contributed by atoms with Crippen LogP contribution in [-0.4, -0.2) is 13.2 Å². The summed E-state index contributed by atoms with van der Waals surface area (Å²) in [5.74, 6) is 0. The van der Waals surface area contributed by atoms with E-state index in [0.717, 1.165) is 17.7 Å². The molecule has 0 saturated heterocycles. The fourth-order valence-electron chi connectivity index (χ4n) is 1.76. The Morgan fingerprint density at radius 2 is 1.78 bits per heavy atom. The summed E-state index contributed by atoms with van der Waals surface area (Å²) in [5.41, 5.74) is 3.14. The minimum atomic E-state index is -0.452. The summed E-state index contributed by atoms with van der Waals surface area (Å²) in [6, 6.07) is 18.0. The molecule has 0 radical (unpaired) electrons. The first-order valence-corrected chi connectivity index (χ1v) is 5.76. The molecule has 2 rings (SSSR count). The highest BCUT2D eigenvalue weighted by Crippen LogP contribution is 2.14. The van der Waals surface area contributed by atoms with Crippen LogP contribution in [0, 0.1) is 0 Å². The maximum Gasteiger partial charge on any atom is 0.411 e. The molecule has 0 unspecified atom stereocenters. The van der Waals surface area contributed by atoms with Crippen LogP contribution in [0.4, 0.5) is 10.5 Å². The lowest BCUT2D eigenvalue weighted by molar-refractivity contribution is 0.187. The zero-order valence-electron chi connectivity index (χ0n) is 10.2. The van der Waals surface area contributed by atoms with Crippen molar-refractivity contribution in [2.24, 2.45) is 0 Å². The number of hydrogen-bond acceptors (Lipinski definition) is 2. The van der Waals surface area contributed by atoms with Crippen LogP contribution in [0.3, 0.4) is 0 Å². The first-order chi connectivity index (χ1) is 8.78. The number of benzene rings is 2. The van der Waals surface area contributed by atoms with E-state index in [1.165, 1.54) is 12.7 Å². The summed E-state index contributed by atoms with van der Waals surface area (Å²) in [7, 11) is 1.35. The van der Waals surface area contributed by atoms with Crippen molar-refractivity contribution in [2.75, 3.05) is 12.4 Å². The zero-order chi connectivity index (χ0) is 12.8. The number of methoxy groups -OCH3 is 1. The molecule has 0 aliphatic heterocycles. The summed E-state index contributed by atoms with van der Waals surface area (Å²) in [4.78, 5) is 11.1. The third kappa shape index (κ3) is 3.35. The first-order valence-electron chi connectivity index (χ1n) is 5.76. The van der Waals surface area contributed by atoms with Crippen molar-refractivity contribution in [2.45, 2.75) is 6.42 Å². The highest BCUT2D eigenvalue weighted by molar-refractivity contribution is 5.84. The van der Waals surface area contributed by atoms with Gasteiger partial charge < -0.3 is 4.74 Å². The average molecular weight is 241 g/mol. The van der Waals surface area contributed by atoms with Crippen LogP contribution < -0.4 is 5.32 Å². The van der Waals surface area contributed by atoms with Crippen molar-refractivity contribution in [3.05, 3.63) is 65.7 Å². The quantitative estimate of drug-likeness (QED) is 0.893. The molecular formula is C15H15NO2. The van der Waals surface area contributed by atoms with E-state index < -0.39 is 6.09 Å². The van der Waals surface area contributed by atoms with E-state index in [4.69, 9.17) is 0 Å². The summed E-state index contributed by atoms with van der Waals surface area (Å²) in [5, 5.41) is 2.66. The predicted octanol–water partition coefficient (Wildman–Crippen LogP) is 3.46. The lowest BCUT2D eigenvalue weighted by Gasteiger charge is -2.06. The highest BCUT2D eigenvalue weighted by atomic mass is 16.5. The van der Waals surface area contributed by atoms with Gasteiger partial charge in [-0.2, -0.15) is 0 Å². The van der Waals surface area contributed by atoms with E-state index in [0.29, 0.717) is 0 Å². The number of carbonyl (C=O) groups excluding carboxylic acids is 1. The van der Waals surface area contributed by atoms with Crippen molar-refractivity contribution < 1.29 is 9.53 Å². The van der Waals surface area contributed by atoms with Gasteiger partial charge in [0.05, 0.1) is 7.11 Å². The molecule has 2 aromatic carbocycles. The Bertz CT molecular complexity index is 523. The molecule has 0 spiro atoms. The number of carbonyl (C=O) groups is 1. The third-order valence-electron chi connectivity index (χ3n) is 2.61. The van der Waals surface area contributed by atoms with Crippen LogP contribution in [0.5, 0.6) is 0 Å². The second-order valence-electron chi connectivity index (χ2n) is 3.98. The molecule has 0 saturated carbocycles. The molecule has 1 amide bonds. The van der Waals surface area contributed by atoms with Crippen LogP contribution in [0.2, 0.25) is 0 Å².